The van der Waals surface area contributed by atoms with Crippen molar-refractivity contribution >= 4 is 11.3 Å². The lowest BCUT2D eigenvalue weighted by Gasteiger charge is -2.11. The maximum Gasteiger partial charge on any atom is 0.119 e. The van der Waals surface area contributed by atoms with Crippen LogP contribution >= 0.6 is 11.3 Å². The molecule has 1 unspecified atom stereocenters. The van der Waals surface area contributed by atoms with Crippen molar-refractivity contribution in [3.8, 4) is 5.75 Å². The number of thiazole rings is 1. The molecule has 0 saturated heterocycles. The first kappa shape index (κ1) is 12.1. The Morgan fingerprint density at radius 3 is 2.88 bits per heavy atom. The van der Waals surface area contributed by atoms with Gasteiger partial charge in [-0.25, -0.2) is 4.98 Å². The highest BCUT2D eigenvalue weighted by Crippen LogP contribution is 2.14. The molecule has 0 spiro atoms. The van der Waals surface area contributed by atoms with Gasteiger partial charge in [-0.15, -0.1) is 11.3 Å². The van der Waals surface area contributed by atoms with E-state index in [1.54, 1.807) is 11.3 Å². The zero-order valence-corrected chi connectivity index (χ0v) is 10.6. The van der Waals surface area contributed by atoms with Crippen LogP contribution in [0, 0.1) is 0 Å². The van der Waals surface area contributed by atoms with Gasteiger partial charge >= 0.3 is 0 Å². The monoisotopic (exact) mass is 248 g/mol. The minimum atomic E-state index is 0.286. The van der Waals surface area contributed by atoms with E-state index in [1.165, 1.54) is 0 Å². The van der Waals surface area contributed by atoms with E-state index in [2.05, 4.69) is 17.2 Å². The molecule has 1 atom stereocenters. The van der Waals surface area contributed by atoms with Crippen molar-refractivity contribution in [3.05, 3.63) is 46.9 Å². The van der Waals surface area contributed by atoms with E-state index >= 15 is 0 Å². The molecule has 0 aliphatic rings. The Labute approximate surface area is 105 Å². The van der Waals surface area contributed by atoms with Gasteiger partial charge in [-0.05, 0) is 19.1 Å². The molecule has 90 valence electrons. The fraction of sp³-hybridized carbons (Fsp3) is 0.308. The molecule has 2 aromatic rings. The second-order valence-corrected chi connectivity index (χ2v) is 4.63. The van der Waals surface area contributed by atoms with Crippen molar-refractivity contribution in [3.63, 3.8) is 0 Å². The predicted octanol–water partition coefficient (Wildman–Crippen LogP) is 2.87. The van der Waals surface area contributed by atoms with Gasteiger partial charge in [-0.1, -0.05) is 18.2 Å². The topological polar surface area (TPSA) is 34.1 Å². The van der Waals surface area contributed by atoms with Gasteiger partial charge in [-0.2, -0.15) is 0 Å². The van der Waals surface area contributed by atoms with E-state index in [-0.39, 0.29) is 6.04 Å². The van der Waals surface area contributed by atoms with Gasteiger partial charge in [0.1, 0.15) is 17.4 Å². The fourth-order valence-electron chi connectivity index (χ4n) is 1.50. The fourth-order valence-corrected chi connectivity index (χ4v) is 2.17. The summed E-state index contributed by atoms with van der Waals surface area (Å²) in [5.74, 6) is 0.913. The number of nitrogens with one attached hydrogen (secondary N) is 1. The van der Waals surface area contributed by atoms with Crippen molar-refractivity contribution in [1.29, 1.82) is 0 Å². The minimum Gasteiger partial charge on any atom is -0.492 e. The predicted molar refractivity (Wildman–Crippen MR) is 70.5 cm³/mol. The summed E-state index contributed by atoms with van der Waals surface area (Å²) >= 11 is 1.67. The molecule has 4 heteroatoms. The summed E-state index contributed by atoms with van der Waals surface area (Å²) in [5, 5.41) is 6.49. The van der Waals surface area contributed by atoms with Crippen LogP contribution in [0.4, 0.5) is 0 Å². The standard InChI is InChI=1S/C13H16N2OS/c1-11(13-15-8-10-17-13)14-7-9-16-12-5-3-2-4-6-12/h2-6,8,10-11,14H,7,9H2,1H3. The van der Waals surface area contributed by atoms with Crippen LogP contribution in [0.15, 0.2) is 41.9 Å². The number of rotatable bonds is 6. The quantitative estimate of drug-likeness (QED) is 0.798. The number of ether oxygens (including phenoxy) is 1. The molecule has 0 aliphatic carbocycles. The molecule has 2 rings (SSSR count). The number of aromatic nitrogens is 1. The zero-order valence-electron chi connectivity index (χ0n) is 9.80. The summed E-state index contributed by atoms with van der Waals surface area (Å²) in [5.41, 5.74) is 0. The Kier molecular flexibility index (Phi) is 4.53. The number of benzene rings is 1. The van der Waals surface area contributed by atoms with Crippen LogP contribution < -0.4 is 10.1 Å². The maximum absolute atomic E-state index is 5.59. The Morgan fingerprint density at radius 2 is 2.18 bits per heavy atom. The normalized spacial score (nSPS) is 12.3. The third-order valence-electron chi connectivity index (χ3n) is 2.39. The lowest BCUT2D eigenvalue weighted by atomic mass is 10.3. The molecule has 0 saturated carbocycles. The average molecular weight is 248 g/mol. The van der Waals surface area contributed by atoms with E-state index in [9.17, 15) is 0 Å². The molecule has 0 bridgehead atoms. The summed E-state index contributed by atoms with van der Waals surface area (Å²) in [6.45, 7) is 3.59. The molecule has 0 fully saturated rings. The van der Waals surface area contributed by atoms with Crippen LogP contribution in [0.5, 0.6) is 5.75 Å². The van der Waals surface area contributed by atoms with Crippen LogP contribution in [-0.4, -0.2) is 18.1 Å². The number of hydrogen-bond acceptors (Lipinski definition) is 4. The van der Waals surface area contributed by atoms with Crippen LogP contribution in [0.3, 0.4) is 0 Å². The molecule has 0 amide bonds. The first-order valence-corrected chi connectivity index (χ1v) is 6.55. The molecular formula is C13H16N2OS. The van der Waals surface area contributed by atoms with E-state index < -0.39 is 0 Å². The van der Waals surface area contributed by atoms with Crippen LogP contribution in [0.25, 0.3) is 0 Å². The molecule has 1 aromatic carbocycles. The highest BCUT2D eigenvalue weighted by Gasteiger charge is 2.06. The van der Waals surface area contributed by atoms with Crippen molar-refractivity contribution < 1.29 is 4.74 Å². The number of hydrogen-bond donors (Lipinski definition) is 1. The number of para-hydroxylation sites is 1. The smallest absolute Gasteiger partial charge is 0.119 e. The average Bonchev–Trinajstić information content (AvgIpc) is 2.89. The molecule has 17 heavy (non-hydrogen) atoms. The first-order valence-electron chi connectivity index (χ1n) is 5.67. The van der Waals surface area contributed by atoms with Crippen LogP contribution in [-0.2, 0) is 0 Å². The van der Waals surface area contributed by atoms with Gasteiger partial charge in [0, 0.05) is 18.1 Å². The number of nitrogens with zero attached hydrogens (tertiary/aromatic N) is 1. The Hall–Kier alpha value is -1.39. The first-order chi connectivity index (χ1) is 8.36. The lowest BCUT2D eigenvalue weighted by molar-refractivity contribution is 0.307. The molecular weight excluding hydrogens is 232 g/mol. The van der Waals surface area contributed by atoms with E-state index in [4.69, 9.17) is 4.74 Å². The van der Waals surface area contributed by atoms with Gasteiger partial charge < -0.3 is 10.1 Å². The molecule has 0 radical (unpaired) electrons. The second kappa shape index (κ2) is 6.37. The molecule has 1 aromatic heterocycles. The van der Waals surface area contributed by atoms with Crippen molar-refractivity contribution in [2.24, 2.45) is 0 Å². The lowest BCUT2D eigenvalue weighted by Crippen LogP contribution is -2.24. The van der Waals surface area contributed by atoms with E-state index in [0.29, 0.717) is 6.61 Å². The maximum atomic E-state index is 5.59. The highest BCUT2D eigenvalue weighted by atomic mass is 32.1. The van der Waals surface area contributed by atoms with Crippen molar-refractivity contribution in [1.82, 2.24) is 10.3 Å². The summed E-state index contributed by atoms with van der Waals surface area (Å²) in [7, 11) is 0. The van der Waals surface area contributed by atoms with Crippen LogP contribution in [0.1, 0.15) is 18.0 Å². The molecule has 3 nitrogen and oxygen atoms in total. The zero-order chi connectivity index (χ0) is 11.9. The SMILES string of the molecule is CC(NCCOc1ccccc1)c1nccs1. The van der Waals surface area contributed by atoms with Crippen LogP contribution in [0.2, 0.25) is 0 Å². The van der Waals surface area contributed by atoms with Gasteiger partial charge in [0.15, 0.2) is 0 Å². The van der Waals surface area contributed by atoms with E-state index in [1.807, 2.05) is 41.9 Å². The minimum absolute atomic E-state index is 0.286. The largest absolute Gasteiger partial charge is 0.492 e. The van der Waals surface area contributed by atoms with Gasteiger partial charge in [-0.3, -0.25) is 0 Å². The Balaban J connectivity index is 1.67. The highest BCUT2D eigenvalue weighted by molar-refractivity contribution is 7.09. The summed E-state index contributed by atoms with van der Waals surface area (Å²) < 4.78 is 5.59. The third kappa shape index (κ3) is 3.84. The Morgan fingerprint density at radius 1 is 1.35 bits per heavy atom. The molecule has 1 N–H and O–H groups in total. The van der Waals surface area contributed by atoms with Crippen molar-refractivity contribution in [2.45, 2.75) is 13.0 Å². The summed E-state index contributed by atoms with van der Waals surface area (Å²) in [6, 6.07) is 10.1. The summed E-state index contributed by atoms with van der Waals surface area (Å²) in [6.07, 6.45) is 1.83. The Bertz CT molecular complexity index is 416. The van der Waals surface area contributed by atoms with Gasteiger partial charge in [0.25, 0.3) is 0 Å². The van der Waals surface area contributed by atoms with Crippen molar-refractivity contribution in [2.75, 3.05) is 13.2 Å². The molecule has 0 aliphatic heterocycles. The summed E-state index contributed by atoms with van der Waals surface area (Å²) in [4.78, 5) is 4.27. The second-order valence-electron chi connectivity index (χ2n) is 3.71. The van der Waals surface area contributed by atoms with E-state index in [0.717, 1.165) is 17.3 Å². The van der Waals surface area contributed by atoms with Gasteiger partial charge in [0.05, 0.1) is 6.04 Å². The third-order valence-corrected chi connectivity index (χ3v) is 3.34. The van der Waals surface area contributed by atoms with Gasteiger partial charge in [0.2, 0.25) is 0 Å². The molecule has 1 heterocycles.